The Labute approximate surface area is 119 Å². The zero-order valence-electron chi connectivity index (χ0n) is 12.3. The van der Waals surface area contributed by atoms with Gasteiger partial charge in [0.25, 0.3) is 5.91 Å². The molecule has 20 heavy (non-hydrogen) atoms. The molecular formula is C14H22N4O2. The molecule has 0 saturated carbocycles. The third-order valence-corrected chi connectivity index (χ3v) is 3.71. The van der Waals surface area contributed by atoms with Crippen LogP contribution in [0.1, 0.15) is 30.8 Å². The molecule has 1 aromatic heterocycles. The fourth-order valence-electron chi connectivity index (χ4n) is 2.40. The van der Waals surface area contributed by atoms with Crippen molar-refractivity contribution in [3.05, 3.63) is 18.1 Å². The van der Waals surface area contributed by atoms with Crippen molar-refractivity contribution in [3.63, 3.8) is 0 Å². The predicted octanol–water partition coefficient (Wildman–Crippen LogP) is 1.41. The van der Waals surface area contributed by atoms with Crippen molar-refractivity contribution in [1.82, 2.24) is 14.9 Å². The van der Waals surface area contributed by atoms with Crippen LogP contribution in [-0.4, -0.2) is 53.6 Å². The lowest BCUT2D eigenvalue weighted by Crippen LogP contribution is -2.46. The maximum Gasteiger partial charge on any atom is 0.274 e. The molecule has 1 fully saturated rings. The van der Waals surface area contributed by atoms with E-state index in [0.717, 1.165) is 19.5 Å². The van der Waals surface area contributed by atoms with Gasteiger partial charge in [-0.1, -0.05) is 6.92 Å². The lowest BCUT2D eigenvalue weighted by atomic mass is 9.95. The van der Waals surface area contributed by atoms with Gasteiger partial charge in [0.2, 0.25) is 0 Å². The second-order valence-corrected chi connectivity index (χ2v) is 5.11. The molecule has 1 aliphatic heterocycles. The molecule has 110 valence electrons. The molecule has 1 amide bonds. The van der Waals surface area contributed by atoms with Crippen LogP contribution in [0.4, 0.5) is 5.82 Å². The van der Waals surface area contributed by atoms with Crippen molar-refractivity contribution in [2.75, 3.05) is 32.1 Å². The van der Waals surface area contributed by atoms with Crippen molar-refractivity contribution in [2.24, 2.45) is 5.92 Å². The third-order valence-electron chi connectivity index (χ3n) is 3.71. The molecule has 0 aliphatic carbocycles. The minimum atomic E-state index is -0.0745. The first-order valence-electron chi connectivity index (χ1n) is 7.03. The van der Waals surface area contributed by atoms with Gasteiger partial charge in [-0.05, 0) is 19.3 Å². The summed E-state index contributed by atoms with van der Waals surface area (Å²) in [5.74, 6) is 1.09. The van der Waals surface area contributed by atoms with E-state index >= 15 is 0 Å². The van der Waals surface area contributed by atoms with E-state index in [0.29, 0.717) is 24.0 Å². The number of amides is 1. The molecule has 6 heteroatoms. The summed E-state index contributed by atoms with van der Waals surface area (Å²) in [5, 5.41) is 3.06. The highest BCUT2D eigenvalue weighted by Gasteiger charge is 2.29. The number of carbonyl (C=O) groups excluding carboxylic acids is 1. The summed E-state index contributed by atoms with van der Waals surface area (Å²) < 4.78 is 5.43. The van der Waals surface area contributed by atoms with Gasteiger partial charge in [-0.2, -0.15) is 0 Å². The summed E-state index contributed by atoms with van der Waals surface area (Å²) in [7, 11) is 1.69. The Kier molecular flexibility index (Phi) is 4.89. The van der Waals surface area contributed by atoms with Gasteiger partial charge >= 0.3 is 0 Å². The van der Waals surface area contributed by atoms with Crippen LogP contribution in [0.3, 0.4) is 0 Å². The van der Waals surface area contributed by atoms with Crippen LogP contribution in [0.25, 0.3) is 0 Å². The number of rotatable bonds is 4. The molecule has 1 saturated heterocycles. The molecule has 2 atom stereocenters. The second kappa shape index (κ2) is 6.65. The van der Waals surface area contributed by atoms with Crippen LogP contribution in [0, 0.1) is 5.92 Å². The predicted molar refractivity (Wildman–Crippen MR) is 76.7 cm³/mol. The van der Waals surface area contributed by atoms with Gasteiger partial charge < -0.3 is 15.0 Å². The van der Waals surface area contributed by atoms with Gasteiger partial charge in [-0.3, -0.25) is 4.79 Å². The van der Waals surface area contributed by atoms with Gasteiger partial charge in [0.05, 0.1) is 18.5 Å². The average molecular weight is 278 g/mol. The van der Waals surface area contributed by atoms with Crippen molar-refractivity contribution < 1.29 is 9.53 Å². The smallest absolute Gasteiger partial charge is 0.274 e. The van der Waals surface area contributed by atoms with E-state index < -0.39 is 0 Å². The molecular weight excluding hydrogens is 256 g/mol. The fourth-order valence-corrected chi connectivity index (χ4v) is 2.40. The lowest BCUT2D eigenvalue weighted by Gasteiger charge is -2.35. The molecule has 0 spiro atoms. The van der Waals surface area contributed by atoms with Crippen LogP contribution in [0.15, 0.2) is 12.4 Å². The molecule has 2 unspecified atom stereocenters. The van der Waals surface area contributed by atoms with Crippen LogP contribution in [0.2, 0.25) is 0 Å². The number of anilines is 1. The van der Waals surface area contributed by atoms with Crippen LogP contribution < -0.4 is 5.32 Å². The fraction of sp³-hybridized carbons (Fsp3) is 0.643. The van der Waals surface area contributed by atoms with E-state index in [1.807, 2.05) is 6.92 Å². The van der Waals surface area contributed by atoms with Gasteiger partial charge in [0, 0.05) is 26.7 Å². The number of aromatic nitrogens is 2. The average Bonchev–Trinajstić information content (AvgIpc) is 2.48. The van der Waals surface area contributed by atoms with Gasteiger partial charge in [-0.15, -0.1) is 0 Å². The number of nitrogens with one attached hydrogen (secondary N) is 1. The minimum Gasteiger partial charge on any atom is -0.379 e. The Balaban J connectivity index is 2.03. The summed E-state index contributed by atoms with van der Waals surface area (Å²) in [6.45, 7) is 6.28. The zero-order valence-corrected chi connectivity index (χ0v) is 12.3. The summed E-state index contributed by atoms with van der Waals surface area (Å²) in [6, 6.07) is 0. The highest BCUT2D eigenvalue weighted by molar-refractivity contribution is 5.92. The first-order valence-corrected chi connectivity index (χ1v) is 7.03. The Bertz CT molecular complexity index is 449. The lowest BCUT2D eigenvalue weighted by molar-refractivity contribution is -0.00178. The SMILES string of the molecule is CCNc1cnc(C(=O)N2CCC(C)C(OC)C2)cn1. The molecule has 1 aliphatic rings. The molecule has 6 nitrogen and oxygen atoms in total. The Hall–Kier alpha value is -1.69. The van der Waals surface area contributed by atoms with E-state index in [4.69, 9.17) is 4.74 Å². The summed E-state index contributed by atoms with van der Waals surface area (Å²) in [4.78, 5) is 22.6. The second-order valence-electron chi connectivity index (χ2n) is 5.11. The van der Waals surface area contributed by atoms with E-state index in [-0.39, 0.29) is 12.0 Å². The summed E-state index contributed by atoms with van der Waals surface area (Å²) >= 11 is 0. The van der Waals surface area contributed by atoms with E-state index in [9.17, 15) is 4.79 Å². The largest absolute Gasteiger partial charge is 0.379 e. The van der Waals surface area contributed by atoms with E-state index in [2.05, 4.69) is 22.2 Å². The van der Waals surface area contributed by atoms with Gasteiger partial charge in [0.1, 0.15) is 11.5 Å². The topological polar surface area (TPSA) is 67.4 Å². The van der Waals surface area contributed by atoms with Crippen molar-refractivity contribution in [1.29, 1.82) is 0 Å². The number of hydrogen-bond donors (Lipinski definition) is 1. The molecule has 0 aromatic carbocycles. The number of piperidine rings is 1. The highest BCUT2D eigenvalue weighted by Crippen LogP contribution is 2.20. The van der Waals surface area contributed by atoms with Crippen molar-refractivity contribution in [3.8, 4) is 0 Å². The molecule has 1 aromatic rings. The number of methoxy groups -OCH3 is 1. The number of ether oxygens (including phenoxy) is 1. The molecule has 0 radical (unpaired) electrons. The first kappa shape index (κ1) is 14.7. The Morgan fingerprint density at radius 2 is 2.30 bits per heavy atom. The van der Waals surface area contributed by atoms with Crippen molar-refractivity contribution >= 4 is 11.7 Å². The summed E-state index contributed by atoms with van der Waals surface area (Å²) in [6.07, 6.45) is 4.17. The van der Waals surface area contributed by atoms with Crippen LogP contribution in [-0.2, 0) is 4.74 Å². The number of hydrogen-bond acceptors (Lipinski definition) is 5. The maximum absolute atomic E-state index is 12.4. The Morgan fingerprint density at radius 3 is 2.90 bits per heavy atom. The van der Waals surface area contributed by atoms with Gasteiger partial charge in [-0.25, -0.2) is 9.97 Å². The molecule has 0 bridgehead atoms. The normalized spacial score (nSPS) is 22.6. The van der Waals surface area contributed by atoms with Crippen LogP contribution in [0.5, 0.6) is 0 Å². The number of carbonyl (C=O) groups is 1. The number of nitrogens with zero attached hydrogens (tertiary/aromatic N) is 3. The number of likely N-dealkylation sites (tertiary alicyclic amines) is 1. The monoisotopic (exact) mass is 278 g/mol. The molecule has 2 heterocycles. The quantitative estimate of drug-likeness (QED) is 0.902. The van der Waals surface area contributed by atoms with Crippen molar-refractivity contribution in [2.45, 2.75) is 26.4 Å². The third kappa shape index (κ3) is 3.25. The van der Waals surface area contributed by atoms with E-state index in [1.165, 1.54) is 6.20 Å². The van der Waals surface area contributed by atoms with Crippen LogP contribution >= 0.6 is 0 Å². The summed E-state index contributed by atoms with van der Waals surface area (Å²) in [5.41, 5.74) is 0.385. The minimum absolute atomic E-state index is 0.0745. The first-order chi connectivity index (χ1) is 9.65. The standard InChI is InChI=1S/C14H22N4O2/c1-4-15-13-8-16-11(7-17-13)14(19)18-6-5-10(2)12(9-18)20-3/h7-8,10,12H,4-6,9H2,1-3H3,(H,15,17). The van der Waals surface area contributed by atoms with E-state index in [1.54, 1.807) is 18.2 Å². The Morgan fingerprint density at radius 1 is 1.50 bits per heavy atom. The molecule has 2 rings (SSSR count). The molecule has 1 N–H and O–H groups in total. The zero-order chi connectivity index (χ0) is 14.5. The van der Waals surface area contributed by atoms with Gasteiger partial charge in [0.15, 0.2) is 0 Å². The maximum atomic E-state index is 12.4. The highest BCUT2D eigenvalue weighted by atomic mass is 16.5.